The number of piperidine rings is 1. The van der Waals surface area contributed by atoms with Crippen molar-refractivity contribution < 1.29 is 14.4 Å². The van der Waals surface area contributed by atoms with Gasteiger partial charge in [-0.15, -0.1) is 0 Å². The van der Waals surface area contributed by atoms with Gasteiger partial charge in [-0.2, -0.15) is 0 Å². The minimum Gasteiger partial charge on any atom is -0.342 e. The lowest BCUT2D eigenvalue weighted by molar-refractivity contribution is -0.135. The van der Waals surface area contributed by atoms with E-state index in [0.29, 0.717) is 5.92 Å². The van der Waals surface area contributed by atoms with Crippen molar-refractivity contribution in [2.75, 3.05) is 19.6 Å². The van der Waals surface area contributed by atoms with E-state index < -0.39 is 6.03 Å². The van der Waals surface area contributed by atoms with Gasteiger partial charge in [0.05, 0.1) is 5.92 Å². The summed E-state index contributed by atoms with van der Waals surface area (Å²) in [5, 5.41) is 4.96. The van der Waals surface area contributed by atoms with Gasteiger partial charge in [0.1, 0.15) is 0 Å². The number of hydrogen-bond donors (Lipinski definition) is 2. The molecule has 1 aliphatic heterocycles. The van der Waals surface area contributed by atoms with Crippen molar-refractivity contribution in [1.29, 1.82) is 0 Å². The molecule has 1 heterocycles. The quantitative estimate of drug-likeness (QED) is 0.848. The fourth-order valence-electron chi connectivity index (χ4n) is 3.41. The first-order valence-electron chi connectivity index (χ1n) is 9.47. The Balaban J connectivity index is 1.40. The summed E-state index contributed by atoms with van der Waals surface area (Å²) < 4.78 is 0. The molecule has 1 aromatic carbocycles. The molecule has 0 aromatic heterocycles. The zero-order valence-corrected chi connectivity index (χ0v) is 15.2. The van der Waals surface area contributed by atoms with E-state index in [0.717, 1.165) is 38.8 Å². The van der Waals surface area contributed by atoms with Crippen LogP contribution in [0.5, 0.6) is 0 Å². The Morgan fingerprint density at radius 2 is 1.73 bits per heavy atom. The molecule has 6 heteroatoms. The van der Waals surface area contributed by atoms with Crippen molar-refractivity contribution in [3.8, 4) is 0 Å². The Morgan fingerprint density at radius 1 is 1.08 bits per heavy atom. The molecule has 0 bridgehead atoms. The van der Waals surface area contributed by atoms with Gasteiger partial charge >= 0.3 is 6.03 Å². The van der Waals surface area contributed by atoms with Gasteiger partial charge in [0.2, 0.25) is 11.8 Å². The Kier molecular flexibility index (Phi) is 5.91. The predicted molar refractivity (Wildman–Crippen MR) is 98.4 cm³/mol. The fourth-order valence-corrected chi connectivity index (χ4v) is 3.41. The van der Waals surface area contributed by atoms with Gasteiger partial charge in [-0.3, -0.25) is 14.9 Å². The van der Waals surface area contributed by atoms with Gasteiger partial charge in [-0.05, 0) is 37.2 Å². The molecule has 2 N–H and O–H groups in total. The summed E-state index contributed by atoms with van der Waals surface area (Å²) in [6.07, 6.45) is 3.64. The minimum atomic E-state index is -0.510. The molecule has 1 saturated carbocycles. The molecule has 1 atom stereocenters. The molecular weight excluding hydrogens is 330 g/mol. The number of carbonyl (C=O) groups excluding carboxylic acids is 3. The number of rotatable bonds is 5. The van der Waals surface area contributed by atoms with E-state index in [1.165, 1.54) is 5.56 Å². The molecule has 0 spiro atoms. The highest BCUT2D eigenvalue weighted by atomic mass is 16.2. The maximum Gasteiger partial charge on any atom is 0.321 e. The first-order valence-corrected chi connectivity index (χ1v) is 9.47. The maximum absolute atomic E-state index is 12.6. The smallest absolute Gasteiger partial charge is 0.321 e. The second-order valence-electron chi connectivity index (χ2n) is 7.38. The average molecular weight is 357 g/mol. The molecule has 3 rings (SSSR count). The third-order valence-electron chi connectivity index (χ3n) is 5.25. The van der Waals surface area contributed by atoms with E-state index in [1.807, 2.05) is 17.9 Å². The van der Waals surface area contributed by atoms with Crippen LogP contribution in [0.15, 0.2) is 30.3 Å². The number of nitrogens with zero attached hydrogens (tertiary/aromatic N) is 1. The van der Waals surface area contributed by atoms with Crippen LogP contribution in [-0.2, 0) is 9.59 Å². The Labute approximate surface area is 154 Å². The molecule has 2 aliphatic rings. The summed E-state index contributed by atoms with van der Waals surface area (Å²) in [5.41, 5.74) is 1.34. The van der Waals surface area contributed by atoms with Gasteiger partial charge in [-0.1, -0.05) is 37.3 Å². The Morgan fingerprint density at radius 3 is 2.35 bits per heavy atom. The van der Waals surface area contributed by atoms with Crippen LogP contribution in [0.2, 0.25) is 0 Å². The van der Waals surface area contributed by atoms with Crippen LogP contribution in [0, 0.1) is 11.8 Å². The van der Waals surface area contributed by atoms with Crippen molar-refractivity contribution in [1.82, 2.24) is 15.5 Å². The van der Waals surface area contributed by atoms with Crippen LogP contribution >= 0.6 is 0 Å². The Bertz CT molecular complexity index is 650. The van der Waals surface area contributed by atoms with Crippen molar-refractivity contribution in [3.63, 3.8) is 0 Å². The molecule has 0 unspecified atom stereocenters. The number of carbonyl (C=O) groups is 3. The molecule has 26 heavy (non-hydrogen) atoms. The lowest BCUT2D eigenvalue weighted by Gasteiger charge is -2.34. The third kappa shape index (κ3) is 4.84. The number of benzene rings is 1. The fraction of sp³-hybridized carbons (Fsp3) is 0.550. The van der Waals surface area contributed by atoms with Gasteiger partial charge in [-0.25, -0.2) is 4.79 Å². The minimum absolute atomic E-state index is 0.00860. The predicted octanol–water partition coefficient (Wildman–Crippen LogP) is 2.26. The highest BCUT2D eigenvalue weighted by molar-refractivity contribution is 5.96. The van der Waals surface area contributed by atoms with Crippen LogP contribution in [0.1, 0.15) is 44.1 Å². The SMILES string of the molecule is C[C@@H](CNC(=O)NC(=O)C1CC1)C(=O)N1CCC(c2ccccc2)CC1. The highest BCUT2D eigenvalue weighted by Crippen LogP contribution is 2.29. The average Bonchev–Trinajstić information content (AvgIpc) is 3.52. The standard InChI is InChI=1S/C20H27N3O3/c1-14(13-21-20(26)22-18(24)17-7-8-17)19(25)23-11-9-16(10-12-23)15-5-3-2-4-6-15/h2-6,14,16-17H,7-13H2,1H3,(H2,21,22,24,26)/t14-/m0/s1. The topological polar surface area (TPSA) is 78.5 Å². The molecule has 140 valence electrons. The van der Waals surface area contributed by atoms with Crippen LogP contribution in [0.4, 0.5) is 4.79 Å². The van der Waals surface area contributed by atoms with E-state index in [1.54, 1.807) is 0 Å². The van der Waals surface area contributed by atoms with Gasteiger partial charge in [0.25, 0.3) is 0 Å². The molecule has 4 amide bonds. The second kappa shape index (κ2) is 8.34. The normalized spacial score (nSPS) is 18.9. The number of urea groups is 1. The largest absolute Gasteiger partial charge is 0.342 e. The Hall–Kier alpha value is -2.37. The number of amides is 4. The molecule has 1 aliphatic carbocycles. The summed E-state index contributed by atoms with van der Waals surface area (Å²) >= 11 is 0. The first-order chi connectivity index (χ1) is 12.5. The van der Waals surface area contributed by atoms with Gasteiger partial charge in [0.15, 0.2) is 0 Å². The summed E-state index contributed by atoms with van der Waals surface area (Å²) in [6.45, 7) is 3.54. The zero-order valence-electron chi connectivity index (χ0n) is 15.2. The summed E-state index contributed by atoms with van der Waals surface area (Å²) in [4.78, 5) is 37.7. The van der Waals surface area contributed by atoms with Gasteiger partial charge < -0.3 is 10.2 Å². The lowest BCUT2D eigenvalue weighted by atomic mass is 9.89. The van der Waals surface area contributed by atoms with E-state index >= 15 is 0 Å². The molecular formula is C20H27N3O3. The molecule has 1 saturated heterocycles. The molecule has 1 aromatic rings. The number of hydrogen-bond acceptors (Lipinski definition) is 3. The molecule has 2 fully saturated rings. The van der Waals surface area contributed by atoms with Gasteiger partial charge in [0, 0.05) is 25.6 Å². The number of imide groups is 1. The number of nitrogens with one attached hydrogen (secondary N) is 2. The zero-order chi connectivity index (χ0) is 18.5. The lowest BCUT2D eigenvalue weighted by Crippen LogP contribution is -2.46. The van der Waals surface area contributed by atoms with E-state index in [2.05, 4.69) is 34.9 Å². The highest BCUT2D eigenvalue weighted by Gasteiger charge is 2.31. The van der Waals surface area contributed by atoms with E-state index in [4.69, 9.17) is 0 Å². The molecule has 0 radical (unpaired) electrons. The third-order valence-corrected chi connectivity index (χ3v) is 5.25. The molecule has 6 nitrogen and oxygen atoms in total. The van der Waals surface area contributed by atoms with Crippen LogP contribution < -0.4 is 10.6 Å². The monoisotopic (exact) mass is 357 g/mol. The van der Waals surface area contributed by atoms with Crippen molar-refractivity contribution in [3.05, 3.63) is 35.9 Å². The van der Waals surface area contributed by atoms with Crippen LogP contribution in [0.25, 0.3) is 0 Å². The summed E-state index contributed by atoms with van der Waals surface area (Å²) in [7, 11) is 0. The van der Waals surface area contributed by atoms with E-state index in [9.17, 15) is 14.4 Å². The maximum atomic E-state index is 12.6. The van der Waals surface area contributed by atoms with Crippen molar-refractivity contribution in [2.45, 2.75) is 38.5 Å². The second-order valence-corrected chi connectivity index (χ2v) is 7.38. The number of likely N-dealkylation sites (tertiary alicyclic amines) is 1. The van der Waals surface area contributed by atoms with Crippen molar-refractivity contribution in [2.24, 2.45) is 11.8 Å². The summed E-state index contributed by atoms with van der Waals surface area (Å²) in [6, 6.07) is 9.92. The first kappa shape index (κ1) is 18.4. The van der Waals surface area contributed by atoms with Crippen molar-refractivity contribution >= 4 is 17.8 Å². The summed E-state index contributed by atoms with van der Waals surface area (Å²) in [5.74, 6) is 0.0402. The van der Waals surface area contributed by atoms with Crippen LogP contribution in [0.3, 0.4) is 0 Å². The van der Waals surface area contributed by atoms with Crippen LogP contribution in [-0.4, -0.2) is 42.4 Å². The van der Waals surface area contributed by atoms with E-state index in [-0.39, 0.29) is 30.2 Å².